The number of Topliss-reactive ketones (excluding diaryl/α,β-unsaturated/α-hetero) is 1. The highest BCUT2D eigenvalue weighted by Crippen LogP contribution is 2.32. The van der Waals surface area contributed by atoms with Crippen molar-refractivity contribution in [1.29, 1.82) is 0 Å². The van der Waals surface area contributed by atoms with Gasteiger partial charge in [0, 0.05) is 24.5 Å². The zero-order valence-corrected chi connectivity index (χ0v) is 15.5. The molecule has 1 aliphatic rings. The Kier molecular flexibility index (Phi) is 4.44. The van der Waals surface area contributed by atoms with Crippen LogP contribution in [0, 0.1) is 0 Å². The fourth-order valence-corrected chi connectivity index (χ4v) is 3.75. The van der Waals surface area contributed by atoms with Gasteiger partial charge in [0.15, 0.2) is 11.5 Å². The number of benzene rings is 2. The number of furan rings is 1. The third kappa shape index (κ3) is 3.10. The Hall–Kier alpha value is -3.08. The number of anilines is 2. The molecule has 0 unspecified atom stereocenters. The van der Waals surface area contributed by atoms with Crippen LogP contribution < -0.4 is 10.2 Å². The van der Waals surface area contributed by atoms with Crippen molar-refractivity contribution >= 4 is 34.0 Å². The van der Waals surface area contributed by atoms with Gasteiger partial charge in [0.05, 0.1) is 5.69 Å². The second-order valence-electron chi connectivity index (χ2n) is 6.95. The van der Waals surface area contributed by atoms with Gasteiger partial charge in [0.25, 0.3) is 0 Å². The van der Waals surface area contributed by atoms with E-state index in [2.05, 4.69) is 22.3 Å². The highest BCUT2D eigenvalue weighted by atomic mass is 16.3. The molecule has 2 aromatic carbocycles. The molecule has 27 heavy (non-hydrogen) atoms. The van der Waals surface area contributed by atoms with Gasteiger partial charge in [-0.3, -0.25) is 9.59 Å². The van der Waals surface area contributed by atoms with Crippen LogP contribution in [0.1, 0.15) is 36.4 Å². The molecular weight excluding hydrogens is 340 g/mol. The average Bonchev–Trinajstić information content (AvgIpc) is 3.06. The number of hydrogen-bond acceptors (Lipinski definition) is 4. The Bertz CT molecular complexity index is 1020. The molecule has 4 rings (SSSR count). The maximum absolute atomic E-state index is 13.0. The summed E-state index contributed by atoms with van der Waals surface area (Å²) in [6.45, 7) is 4.17. The maximum atomic E-state index is 13.0. The lowest BCUT2D eigenvalue weighted by atomic mass is 10.00. The number of aryl methyl sites for hydroxylation is 1. The SMILES string of the molecule is CC(=O)c1oc2ccccc2c1NC(=O)[C@@H](C)N1CCCc2ccccc21. The predicted octanol–water partition coefficient (Wildman–Crippen LogP) is 4.42. The van der Waals surface area contributed by atoms with E-state index in [1.165, 1.54) is 12.5 Å². The lowest BCUT2D eigenvalue weighted by Crippen LogP contribution is -2.44. The Morgan fingerprint density at radius 1 is 1.11 bits per heavy atom. The minimum absolute atomic E-state index is 0.152. The van der Waals surface area contributed by atoms with Crippen LogP contribution in [0.4, 0.5) is 11.4 Å². The average molecular weight is 362 g/mol. The van der Waals surface area contributed by atoms with Crippen LogP contribution >= 0.6 is 0 Å². The van der Waals surface area contributed by atoms with Gasteiger partial charge in [-0.05, 0) is 43.5 Å². The number of nitrogens with zero attached hydrogens (tertiary/aromatic N) is 1. The Balaban J connectivity index is 1.65. The summed E-state index contributed by atoms with van der Waals surface area (Å²) >= 11 is 0. The second-order valence-corrected chi connectivity index (χ2v) is 6.95. The summed E-state index contributed by atoms with van der Waals surface area (Å²) < 4.78 is 5.67. The smallest absolute Gasteiger partial charge is 0.246 e. The van der Waals surface area contributed by atoms with E-state index in [0.717, 1.165) is 30.5 Å². The van der Waals surface area contributed by atoms with Gasteiger partial charge in [-0.2, -0.15) is 0 Å². The molecule has 5 heteroatoms. The molecule has 1 aliphatic heterocycles. The van der Waals surface area contributed by atoms with Gasteiger partial charge in [-0.15, -0.1) is 0 Å². The molecular formula is C22H22N2O3. The van der Waals surface area contributed by atoms with Crippen LogP contribution in [0.15, 0.2) is 52.9 Å². The monoisotopic (exact) mass is 362 g/mol. The second kappa shape index (κ2) is 6.91. The van der Waals surface area contributed by atoms with Crippen molar-refractivity contribution < 1.29 is 14.0 Å². The largest absolute Gasteiger partial charge is 0.451 e. The third-order valence-corrected chi connectivity index (χ3v) is 5.16. The highest BCUT2D eigenvalue weighted by molar-refractivity contribution is 6.12. The summed E-state index contributed by atoms with van der Waals surface area (Å²) in [7, 11) is 0. The van der Waals surface area contributed by atoms with Crippen molar-refractivity contribution in [3.8, 4) is 0 Å². The summed E-state index contributed by atoms with van der Waals surface area (Å²) in [6, 6.07) is 15.2. The summed E-state index contributed by atoms with van der Waals surface area (Å²) in [5, 5.41) is 3.69. The number of rotatable bonds is 4. The van der Waals surface area contributed by atoms with Crippen molar-refractivity contribution in [1.82, 2.24) is 0 Å². The first-order valence-corrected chi connectivity index (χ1v) is 9.24. The molecule has 0 saturated heterocycles. The number of ketones is 1. The quantitative estimate of drug-likeness (QED) is 0.698. The number of amides is 1. The van der Waals surface area contributed by atoms with Crippen LogP contribution in [0.25, 0.3) is 11.0 Å². The third-order valence-electron chi connectivity index (χ3n) is 5.16. The fourth-order valence-electron chi connectivity index (χ4n) is 3.75. The standard InChI is InChI=1S/C22H22N2O3/c1-14(24-13-7-9-16-8-3-5-11-18(16)24)22(26)23-20-17-10-4-6-12-19(17)27-21(20)15(2)25/h3-6,8,10-12,14H,7,9,13H2,1-2H3,(H,23,26)/t14-/m1/s1. The van der Waals surface area contributed by atoms with E-state index in [1.807, 2.05) is 37.3 Å². The molecule has 0 saturated carbocycles. The number of carbonyl (C=O) groups excluding carboxylic acids is 2. The zero-order chi connectivity index (χ0) is 19.0. The first-order chi connectivity index (χ1) is 13.1. The molecule has 0 bridgehead atoms. The molecule has 5 nitrogen and oxygen atoms in total. The summed E-state index contributed by atoms with van der Waals surface area (Å²) in [5.74, 6) is -0.172. The van der Waals surface area contributed by atoms with E-state index in [-0.39, 0.29) is 23.5 Å². The molecule has 138 valence electrons. The molecule has 2 heterocycles. The van der Waals surface area contributed by atoms with Gasteiger partial charge in [0.1, 0.15) is 11.6 Å². The first-order valence-electron chi connectivity index (χ1n) is 9.24. The molecule has 1 aromatic heterocycles. The molecule has 0 fully saturated rings. The van der Waals surface area contributed by atoms with Gasteiger partial charge < -0.3 is 14.6 Å². The first kappa shape index (κ1) is 17.3. The Labute approximate surface area is 158 Å². The Morgan fingerprint density at radius 3 is 2.67 bits per heavy atom. The molecule has 1 atom stereocenters. The van der Waals surface area contributed by atoms with Crippen molar-refractivity contribution in [3.05, 3.63) is 59.9 Å². The van der Waals surface area contributed by atoms with E-state index in [9.17, 15) is 9.59 Å². The number of fused-ring (bicyclic) bond motifs is 2. The Morgan fingerprint density at radius 2 is 1.85 bits per heavy atom. The number of hydrogen-bond donors (Lipinski definition) is 1. The van der Waals surface area contributed by atoms with E-state index in [0.29, 0.717) is 11.3 Å². The number of carbonyl (C=O) groups is 2. The lowest BCUT2D eigenvalue weighted by molar-refractivity contribution is -0.117. The van der Waals surface area contributed by atoms with Crippen molar-refractivity contribution in [2.24, 2.45) is 0 Å². The van der Waals surface area contributed by atoms with Gasteiger partial charge in [-0.1, -0.05) is 30.3 Å². The number of nitrogens with one attached hydrogen (secondary N) is 1. The highest BCUT2D eigenvalue weighted by Gasteiger charge is 2.28. The minimum Gasteiger partial charge on any atom is -0.451 e. The van der Waals surface area contributed by atoms with Crippen molar-refractivity contribution in [3.63, 3.8) is 0 Å². The minimum atomic E-state index is -0.361. The van der Waals surface area contributed by atoms with Crippen LogP contribution in [-0.4, -0.2) is 24.3 Å². The van der Waals surface area contributed by atoms with Gasteiger partial charge >= 0.3 is 0 Å². The normalized spacial score (nSPS) is 14.7. The van der Waals surface area contributed by atoms with Crippen LogP contribution in [0.2, 0.25) is 0 Å². The van der Waals surface area contributed by atoms with Gasteiger partial charge in [0.2, 0.25) is 5.91 Å². The van der Waals surface area contributed by atoms with Crippen molar-refractivity contribution in [2.45, 2.75) is 32.7 Å². The van der Waals surface area contributed by atoms with E-state index >= 15 is 0 Å². The van der Waals surface area contributed by atoms with Crippen molar-refractivity contribution in [2.75, 3.05) is 16.8 Å². The molecule has 0 aliphatic carbocycles. The molecule has 3 aromatic rings. The van der Waals surface area contributed by atoms with E-state index < -0.39 is 0 Å². The number of para-hydroxylation sites is 2. The summed E-state index contributed by atoms with van der Waals surface area (Å²) in [6.07, 6.45) is 2.05. The summed E-state index contributed by atoms with van der Waals surface area (Å²) in [4.78, 5) is 27.2. The molecule has 0 radical (unpaired) electrons. The topological polar surface area (TPSA) is 62.6 Å². The van der Waals surface area contributed by atoms with E-state index in [1.54, 1.807) is 6.07 Å². The van der Waals surface area contributed by atoms with Gasteiger partial charge in [-0.25, -0.2) is 0 Å². The molecule has 1 amide bonds. The van der Waals surface area contributed by atoms with Crippen LogP contribution in [-0.2, 0) is 11.2 Å². The fraction of sp³-hybridized carbons (Fsp3) is 0.273. The zero-order valence-electron chi connectivity index (χ0n) is 15.5. The predicted molar refractivity (Wildman–Crippen MR) is 106 cm³/mol. The maximum Gasteiger partial charge on any atom is 0.246 e. The molecule has 1 N–H and O–H groups in total. The molecule has 0 spiro atoms. The summed E-state index contributed by atoms with van der Waals surface area (Å²) in [5.41, 5.74) is 3.42. The van der Waals surface area contributed by atoms with Crippen LogP contribution in [0.5, 0.6) is 0 Å². The van der Waals surface area contributed by atoms with Crippen LogP contribution in [0.3, 0.4) is 0 Å². The van der Waals surface area contributed by atoms with E-state index in [4.69, 9.17) is 4.42 Å². The lowest BCUT2D eigenvalue weighted by Gasteiger charge is -2.35.